The minimum Gasteiger partial charge on any atom is -0.390 e. The predicted octanol–water partition coefficient (Wildman–Crippen LogP) is 2.14. The molecule has 6 heteroatoms. The highest BCUT2D eigenvalue weighted by atomic mass is 19.1. The molecule has 0 aromatic heterocycles. The maximum absolute atomic E-state index is 16.9. The van der Waals surface area contributed by atoms with Gasteiger partial charge in [-0.05, 0) is 62.0 Å². The van der Waals surface area contributed by atoms with Gasteiger partial charge in [-0.2, -0.15) is 0 Å². The second-order valence-electron chi connectivity index (χ2n) is 10.2. The van der Waals surface area contributed by atoms with E-state index in [9.17, 15) is 24.9 Å². The number of fused-ring (bicyclic) bond motifs is 5. The third kappa shape index (κ3) is 2.55. The van der Waals surface area contributed by atoms with E-state index in [1.54, 1.807) is 13.0 Å². The third-order valence-electron chi connectivity index (χ3n) is 8.90. The number of Topliss-reactive ketones (excluding diaryl/α,β-unsaturated/α-hetero) is 1. The third-order valence-corrected chi connectivity index (χ3v) is 8.90. The number of aliphatic hydroxyl groups excluding tert-OH is 3. The summed E-state index contributed by atoms with van der Waals surface area (Å²) in [4.78, 5) is 23.9. The average Bonchev–Trinajstić information content (AvgIpc) is 2.92. The van der Waals surface area contributed by atoms with E-state index in [1.807, 2.05) is 13.8 Å². The second-order valence-corrected chi connectivity index (χ2v) is 10.2. The molecule has 4 aliphatic rings. The van der Waals surface area contributed by atoms with Gasteiger partial charge in [0.15, 0.2) is 17.2 Å². The molecule has 3 N–H and O–H groups in total. The Kier molecular flexibility index (Phi) is 4.73. The van der Waals surface area contributed by atoms with Gasteiger partial charge in [0, 0.05) is 17.3 Å². The first-order valence-corrected chi connectivity index (χ1v) is 10.6. The Morgan fingerprint density at radius 2 is 2.03 bits per heavy atom. The summed E-state index contributed by atoms with van der Waals surface area (Å²) in [6.07, 6.45) is 3.88. The first-order chi connectivity index (χ1) is 13.5. The average molecular weight is 406 g/mol. The van der Waals surface area contributed by atoms with Crippen molar-refractivity contribution in [3.63, 3.8) is 0 Å². The molecule has 0 aromatic rings. The molecular weight excluding hydrogens is 375 g/mol. The number of allylic oxidation sites excluding steroid dienone is 4. The van der Waals surface area contributed by atoms with Gasteiger partial charge in [0.05, 0.1) is 6.10 Å². The van der Waals surface area contributed by atoms with Gasteiger partial charge in [-0.15, -0.1) is 0 Å². The van der Waals surface area contributed by atoms with Gasteiger partial charge in [-0.25, -0.2) is 4.39 Å². The molecule has 0 saturated heterocycles. The standard InChI is InChI=1S/C23H31FO5/c1-12-8-16-15-5-4-13-9-14(26)6-7-22(13,3)23(15,24)18(28)10-21(16,2)19(12)20(29)17(27)11-25/h6-7,9,12,15-16,18-20,25,28-29H,4-5,8,10-11H2,1-3H3/t12-,15+,16+,18+,19?,20?,21+,22+,23+/m1/s1. The number of carbonyl (C=O) groups is 2. The van der Waals surface area contributed by atoms with Gasteiger partial charge in [0.1, 0.15) is 12.7 Å². The summed E-state index contributed by atoms with van der Waals surface area (Å²) < 4.78 is 16.9. The van der Waals surface area contributed by atoms with E-state index < -0.39 is 52.9 Å². The van der Waals surface area contributed by atoms with Crippen LogP contribution in [0.4, 0.5) is 4.39 Å². The van der Waals surface area contributed by atoms with E-state index in [1.165, 1.54) is 12.2 Å². The van der Waals surface area contributed by atoms with Crippen LogP contribution < -0.4 is 0 Å². The van der Waals surface area contributed by atoms with Crippen LogP contribution in [0.3, 0.4) is 0 Å². The van der Waals surface area contributed by atoms with Gasteiger partial charge < -0.3 is 15.3 Å². The minimum absolute atomic E-state index is 0.0294. The van der Waals surface area contributed by atoms with Crippen molar-refractivity contribution in [2.24, 2.45) is 34.5 Å². The molecule has 4 aliphatic carbocycles. The van der Waals surface area contributed by atoms with Crippen molar-refractivity contribution in [1.29, 1.82) is 0 Å². The normalized spacial score (nSPS) is 49.7. The van der Waals surface area contributed by atoms with Crippen LogP contribution in [0.25, 0.3) is 0 Å². The molecule has 0 radical (unpaired) electrons. The first kappa shape index (κ1) is 20.9. The zero-order valence-electron chi connectivity index (χ0n) is 17.3. The van der Waals surface area contributed by atoms with E-state index in [2.05, 4.69) is 0 Å². The fourth-order valence-electron chi connectivity index (χ4n) is 7.58. The lowest BCUT2D eigenvalue weighted by atomic mass is 9.45. The van der Waals surface area contributed by atoms with Crippen molar-refractivity contribution >= 4 is 11.6 Å². The molecule has 3 fully saturated rings. The first-order valence-electron chi connectivity index (χ1n) is 10.6. The Hall–Kier alpha value is -1.37. The number of alkyl halides is 1. The van der Waals surface area contributed by atoms with Crippen LogP contribution in [-0.4, -0.2) is 51.4 Å². The lowest BCUT2D eigenvalue weighted by Gasteiger charge is -2.62. The summed E-state index contributed by atoms with van der Waals surface area (Å²) in [6, 6.07) is 0. The van der Waals surface area contributed by atoms with Gasteiger partial charge in [0.25, 0.3) is 0 Å². The molecule has 0 aliphatic heterocycles. The quantitative estimate of drug-likeness (QED) is 0.668. The van der Waals surface area contributed by atoms with Crippen molar-refractivity contribution in [2.75, 3.05) is 6.61 Å². The molecule has 2 unspecified atom stereocenters. The van der Waals surface area contributed by atoms with E-state index in [0.29, 0.717) is 19.3 Å². The van der Waals surface area contributed by atoms with Crippen LogP contribution in [-0.2, 0) is 9.59 Å². The lowest BCUT2D eigenvalue weighted by Crippen LogP contribution is -2.67. The van der Waals surface area contributed by atoms with Crippen LogP contribution in [0, 0.1) is 34.5 Å². The Morgan fingerprint density at radius 1 is 1.34 bits per heavy atom. The summed E-state index contributed by atoms with van der Waals surface area (Å²) in [5, 5.41) is 31.1. The number of carbonyl (C=O) groups excluding carboxylic acids is 2. The smallest absolute Gasteiger partial charge is 0.186 e. The van der Waals surface area contributed by atoms with Crippen molar-refractivity contribution < 1.29 is 29.3 Å². The maximum atomic E-state index is 16.9. The van der Waals surface area contributed by atoms with Crippen molar-refractivity contribution in [3.8, 4) is 0 Å². The van der Waals surface area contributed by atoms with Crippen molar-refractivity contribution in [1.82, 2.24) is 0 Å². The van der Waals surface area contributed by atoms with Gasteiger partial charge in [-0.3, -0.25) is 9.59 Å². The van der Waals surface area contributed by atoms with Gasteiger partial charge >= 0.3 is 0 Å². The number of aliphatic hydroxyl groups is 3. The zero-order chi connectivity index (χ0) is 21.4. The summed E-state index contributed by atoms with van der Waals surface area (Å²) >= 11 is 0. The zero-order valence-corrected chi connectivity index (χ0v) is 17.3. The highest BCUT2D eigenvalue weighted by Gasteiger charge is 2.71. The minimum atomic E-state index is -1.90. The molecule has 0 heterocycles. The second kappa shape index (κ2) is 6.56. The van der Waals surface area contributed by atoms with Crippen LogP contribution in [0.5, 0.6) is 0 Å². The molecular formula is C23H31FO5. The maximum Gasteiger partial charge on any atom is 0.186 e. The fraction of sp³-hybridized carbons (Fsp3) is 0.739. The largest absolute Gasteiger partial charge is 0.390 e. The van der Waals surface area contributed by atoms with Crippen molar-refractivity contribution in [2.45, 2.75) is 64.3 Å². The summed E-state index contributed by atoms with van der Waals surface area (Å²) in [5.74, 6) is -1.75. The van der Waals surface area contributed by atoms with Crippen LogP contribution in [0.1, 0.15) is 46.5 Å². The fourth-order valence-corrected chi connectivity index (χ4v) is 7.58. The number of halogens is 1. The Labute approximate surface area is 170 Å². The lowest BCUT2D eigenvalue weighted by molar-refractivity contribution is -0.200. The monoisotopic (exact) mass is 406 g/mol. The van der Waals surface area contributed by atoms with E-state index in [4.69, 9.17) is 0 Å². The number of ketones is 2. The van der Waals surface area contributed by atoms with E-state index in [-0.39, 0.29) is 24.0 Å². The molecule has 4 rings (SSSR count). The molecule has 29 heavy (non-hydrogen) atoms. The Morgan fingerprint density at radius 3 is 2.69 bits per heavy atom. The summed E-state index contributed by atoms with van der Waals surface area (Å²) in [7, 11) is 0. The molecule has 160 valence electrons. The molecule has 0 spiro atoms. The number of hydrogen-bond acceptors (Lipinski definition) is 5. The van der Waals surface area contributed by atoms with E-state index in [0.717, 1.165) is 5.57 Å². The number of hydrogen-bond donors (Lipinski definition) is 3. The molecule has 0 bridgehead atoms. The number of rotatable bonds is 3. The summed E-state index contributed by atoms with van der Waals surface area (Å²) in [6.45, 7) is 4.97. The van der Waals surface area contributed by atoms with Crippen LogP contribution >= 0.6 is 0 Å². The highest BCUT2D eigenvalue weighted by molar-refractivity contribution is 6.01. The SMILES string of the molecule is C[C@@H]1C[C@H]2[C@@H]3CCC4=CC(=O)C=C[C@]4(C)[C@@]3(F)[C@@H](O)C[C@]2(C)C1C(O)C(=O)CO. The molecule has 0 aromatic carbocycles. The Bertz CT molecular complexity index is 805. The summed E-state index contributed by atoms with van der Waals surface area (Å²) in [5.41, 5.74) is -2.80. The van der Waals surface area contributed by atoms with Crippen molar-refractivity contribution in [3.05, 3.63) is 23.8 Å². The molecule has 5 nitrogen and oxygen atoms in total. The molecule has 9 atom stereocenters. The van der Waals surface area contributed by atoms with Gasteiger partial charge in [0.2, 0.25) is 0 Å². The highest BCUT2D eigenvalue weighted by Crippen LogP contribution is 2.70. The van der Waals surface area contributed by atoms with Crippen LogP contribution in [0.15, 0.2) is 23.8 Å². The van der Waals surface area contributed by atoms with Crippen LogP contribution in [0.2, 0.25) is 0 Å². The Balaban J connectivity index is 1.77. The predicted molar refractivity (Wildman–Crippen MR) is 104 cm³/mol. The molecule has 0 amide bonds. The van der Waals surface area contributed by atoms with E-state index >= 15 is 4.39 Å². The van der Waals surface area contributed by atoms with Gasteiger partial charge in [-0.1, -0.05) is 25.5 Å². The molecule has 3 saturated carbocycles. The topological polar surface area (TPSA) is 94.8 Å².